The number of hydrogen-bond acceptors (Lipinski definition) is 4. The molecule has 2 rings (SSSR count). The monoisotopic (exact) mass is 252 g/mol. The van der Waals surface area contributed by atoms with Crippen LogP contribution in [0.2, 0.25) is 0 Å². The third-order valence-electron chi connectivity index (χ3n) is 2.28. The topological polar surface area (TPSA) is 100 Å². The summed E-state index contributed by atoms with van der Waals surface area (Å²) in [4.78, 5) is 29.6. The summed E-state index contributed by atoms with van der Waals surface area (Å²) in [5, 5.41) is 17.7. The average Bonchev–Trinajstić information content (AvgIpc) is 2.39. The molecule has 2 heterocycles. The fourth-order valence-electron chi connectivity index (χ4n) is 1.41. The van der Waals surface area contributed by atoms with Crippen molar-refractivity contribution in [1.82, 2.24) is 9.97 Å². The molecule has 6 nitrogen and oxygen atoms in total. The van der Waals surface area contributed by atoms with Crippen molar-refractivity contribution in [3.63, 3.8) is 0 Å². The molecule has 0 spiro atoms. The second-order valence-corrected chi connectivity index (χ2v) is 3.47. The molecule has 0 radical (unpaired) electrons. The van der Waals surface area contributed by atoms with E-state index in [9.17, 15) is 9.59 Å². The number of hydrogen-bond donors (Lipinski definition) is 2. The number of carboxylic acid groups (broad SMARTS) is 2. The number of carboxylic acids is 2. The van der Waals surface area contributed by atoms with Crippen LogP contribution in [0.5, 0.6) is 0 Å². The van der Waals surface area contributed by atoms with Crippen molar-refractivity contribution in [1.29, 1.82) is 0 Å². The normalized spacial score (nSPS) is 9.47. The third-order valence-corrected chi connectivity index (χ3v) is 2.28. The molecular weight excluding hydrogens is 243 g/mol. The van der Waals surface area contributed by atoms with Gasteiger partial charge >= 0.3 is 30.8 Å². The molecule has 92 valence electrons. The van der Waals surface area contributed by atoms with Crippen LogP contribution in [-0.4, -0.2) is 32.1 Å². The zero-order valence-corrected chi connectivity index (χ0v) is 10.1. The number of rotatable bonds is 3. The van der Waals surface area contributed by atoms with Gasteiger partial charge in [-0.2, -0.15) is 0 Å². The number of nitrogens with zero attached hydrogens (tertiary/aromatic N) is 2. The maximum absolute atomic E-state index is 10.8. The zero-order valence-electron chi connectivity index (χ0n) is 11.1. The van der Waals surface area contributed by atoms with Gasteiger partial charge in [-0.1, -0.05) is 0 Å². The quantitative estimate of drug-likeness (QED) is 0.655. The maximum atomic E-state index is 10.8. The van der Waals surface area contributed by atoms with Crippen LogP contribution in [-0.2, 0) is 0 Å². The first-order valence-corrected chi connectivity index (χ1v) is 4.97. The molecule has 0 saturated carbocycles. The van der Waals surface area contributed by atoms with Crippen molar-refractivity contribution in [3.05, 3.63) is 47.8 Å². The van der Waals surface area contributed by atoms with Crippen LogP contribution in [0.4, 0.5) is 0 Å². The Kier molecular flexibility index (Phi) is 4.81. The molecule has 0 saturated heterocycles. The van der Waals surface area contributed by atoms with E-state index in [-0.39, 0.29) is 31.4 Å². The second-order valence-electron chi connectivity index (χ2n) is 3.47. The van der Waals surface area contributed by atoms with Crippen LogP contribution in [0.3, 0.4) is 0 Å². The van der Waals surface area contributed by atoms with Crippen molar-refractivity contribution in [2.24, 2.45) is 0 Å². The molecule has 0 aromatic carbocycles. The van der Waals surface area contributed by atoms with E-state index in [4.69, 9.17) is 10.2 Å². The molecule has 2 N–H and O–H groups in total. The van der Waals surface area contributed by atoms with Crippen LogP contribution < -0.4 is 18.9 Å². The predicted molar refractivity (Wildman–Crippen MR) is 62.5 cm³/mol. The van der Waals surface area contributed by atoms with Gasteiger partial charge in [-0.3, -0.25) is 9.97 Å². The van der Waals surface area contributed by atoms with E-state index in [1.165, 1.54) is 36.7 Å². The number of carbonyl (C=O) groups is 2. The van der Waals surface area contributed by atoms with E-state index >= 15 is 0 Å². The molecule has 19 heavy (non-hydrogen) atoms. The first-order valence-electron chi connectivity index (χ1n) is 4.97. The molecule has 2 aromatic rings. The van der Waals surface area contributed by atoms with Crippen LogP contribution in [0.1, 0.15) is 22.1 Å². The standard InChI is InChI=1S/C12H8N2O4.Li.H/c15-11(16)7-1-3-13-9(5-7)10-6-8(12(17)18)2-4-14-10;;/h1-6H,(H,15,16)(H,17,18);;/q;+1;-1. The summed E-state index contributed by atoms with van der Waals surface area (Å²) >= 11 is 0. The van der Waals surface area contributed by atoms with E-state index in [0.29, 0.717) is 11.4 Å². The van der Waals surface area contributed by atoms with Crippen molar-refractivity contribution >= 4 is 11.9 Å². The molecule has 0 atom stereocenters. The second kappa shape index (κ2) is 6.14. The Labute approximate surface area is 121 Å². The molecule has 0 aliphatic carbocycles. The van der Waals surface area contributed by atoms with Crippen molar-refractivity contribution in [2.75, 3.05) is 0 Å². The minimum absolute atomic E-state index is 0. The minimum atomic E-state index is -1.08. The SMILES string of the molecule is O=C(O)c1ccnc(-c2cc(C(=O)O)ccn2)c1.[H-].[Li+]. The Morgan fingerprint density at radius 2 is 1.26 bits per heavy atom. The Bertz CT molecular complexity index is 581. The maximum Gasteiger partial charge on any atom is 1.00 e. The number of pyridine rings is 2. The first kappa shape index (κ1) is 14.9. The summed E-state index contributed by atoms with van der Waals surface area (Å²) in [5.41, 5.74) is 0.779. The molecule has 0 fully saturated rings. The van der Waals surface area contributed by atoms with Gasteiger partial charge in [0, 0.05) is 12.4 Å². The fourth-order valence-corrected chi connectivity index (χ4v) is 1.41. The molecule has 7 heteroatoms. The summed E-state index contributed by atoms with van der Waals surface area (Å²) in [5.74, 6) is -2.15. The number of aromatic carboxylic acids is 2. The average molecular weight is 252 g/mol. The van der Waals surface area contributed by atoms with Gasteiger partial charge in [0.15, 0.2) is 0 Å². The van der Waals surface area contributed by atoms with Crippen LogP contribution in [0.25, 0.3) is 11.4 Å². The zero-order chi connectivity index (χ0) is 13.1. The molecular formula is C12H9LiN2O4. The minimum Gasteiger partial charge on any atom is -1.00 e. The molecule has 0 aliphatic rings. The van der Waals surface area contributed by atoms with Gasteiger partial charge in [0.25, 0.3) is 0 Å². The number of aromatic nitrogens is 2. The van der Waals surface area contributed by atoms with Gasteiger partial charge in [0.05, 0.1) is 22.5 Å². The first-order chi connectivity index (χ1) is 8.58. The van der Waals surface area contributed by atoms with Gasteiger partial charge in [-0.15, -0.1) is 0 Å². The van der Waals surface area contributed by atoms with E-state index in [2.05, 4.69) is 9.97 Å². The van der Waals surface area contributed by atoms with Crippen molar-refractivity contribution < 1.29 is 40.1 Å². The van der Waals surface area contributed by atoms with Gasteiger partial charge in [0.1, 0.15) is 0 Å². The Balaban J connectivity index is 0.00000180. The van der Waals surface area contributed by atoms with Gasteiger partial charge in [-0.05, 0) is 24.3 Å². The largest absolute Gasteiger partial charge is 1.00 e. The van der Waals surface area contributed by atoms with Crippen molar-refractivity contribution in [2.45, 2.75) is 0 Å². The Hall–Kier alpha value is -2.16. The van der Waals surface area contributed by atoms with Gasteiger partial charge < -0.3 is 11.6 Å². The smallest absolute Gasteiger partial charge is 1.00 e. The summed E-state index contributed by atoms with van der Waals surface area (Å²) in [6, 6.07) is 5.40. The van der Waals surface area contributed by atoms with Crippen LogP contribution in [0.15, 0.2) is 36.7 Å². The Morgan fingerprint density at radius 1 is 0.895 bits per heavy atom. The molecule has 0 bridgehead atoms. The van der Waals surface area contributed by atoms with Crippen LogP contribution >= 0.6 is 0 Å². The third kappa shape index (κ3) is 3.41. The van der Waals surface area contributed by atoms with E-state index in [1.807, 2.05) is 0 Å². The molecule has 0 aliphatic heterocycles. The molecule has 2 aromatic heterocycles. The van der Waals surface area contributed by atoms with E-state index in [1.54, 1.807) is 0 Å². The van der Waals surface area contributed by atoms with E-state index in [0.717, 1.165) is 0 Å². The summed E-state index contributed by atoms with van der Waals surface area (Å²) in [7, 11) is 0. The van der Waals surface area contributed by atoms with Gasteiger partial charge in [-0.25, -0.2) is 9.59 Å². The van der Waals surface area contributed by atoms with Crippen molar-refractivity contribution in [3.8, 4) is 11.4 Å². The van der Waals surface area contributed by atoms with Crippen LogP contribution in [0, 0.1) is 0 Å². The summed E-state index contributed by atoms with van der Waals surface area (Å²) < 4.78 is 0. The fraction of sp³-hybridized carbons (Fsp3) is 0. The Morgan fingerprint density at radius 3 is 1.58 bits per heavy atom. The van der Waals surface area contributed by atoms with E-state index < -0.39 is 11.9 Å². The predicted octanol–water partition coefficient (Wildman–Crippen LogP) is -1.34. The van der Waals surface area contributed by atoms with Gasteiger partial charge in [0.2, 0.25) is 0 Å². The molecule has 0 unspecified atom stereocenters. The summed E-state index contributed by atoms with van der Waals surface area (Å²) in [6.07, 6.45) is 2.68. The summed E-state index contributed by atoms with van der Waals surface area (Å²) in [6.45, 7) is 0. The molecule has 0 amide bonds.